The third-order valence-electron chi connectivity index (χ3n) is 3.99. The Kier molecular flexibility index (Phi) is 6.42. The zero-order valence-electron chi connectivity index (χ0n) is 14.0. The average Bonchev–Trinajstić information content (AvgIpc) is 2.62. The first-order valence-corrected chi connectivity index (χ1v) is 7.84. The van der Waals surface area contributed by atoms with Gasteiger partial charge >= 0.3 is 11.9 Å². The molecule has 0 amide bonds. The lowest BCUT2D eigenvalue weighted by atomic mass is 10.0. The van der Waals surface area contributed by atoms with E-state index in [1.165, 1.54) is 31.2 Å². The van der Waals surface area contributed by atoms with Gasteiger partial charge in [0.2, 0.25) is 0 Å². The van der Waals surface area contributed by atoms with E-state index in [2.05, 4.69) is 0 Å². The molecule has 0 aromatic heterocycles. The molecule has 0 spiro atoms. The van der Waals surface area contributed by atoms with Crippen molar-refractivity contribution in [3.8, 4) is 0 Å². The fourth-order valence-corrected chi connectivity index (χ4v) is 2.64. The monoisotopic (exact) mass is 360 g/mol. The highest BCUT2D eigenvalue weighted by Crippen LogP contribution is 2.27. The van der Waals surface area contributed by atoms with Gasteiger partial charge in [0, 0.05) is 0 Å². The fraction of sp³-hybridized carbons (Fsp3) is 0.222. The quantitative estimate of drug-likeness (QED) is 0.418. The number of aliphatic carboxylic acids is 2. The van der Waals surface area contributed by atoms with Crippen molar-refractivity contribution in [1.82, 2.24) is 10.1 Å². The molecule has 2 rings (SSSR count). The van der Waals surface area contributed by atoms with Gasteiger partial charge in [-0.15, -0.1) is 0 Å². The maximum atomic E-state index is 11.6. The Morgan fingerprint density at radius 1 is 0.731 bits per heavy atom. The van der Waals surface area contributed by atoms with E-state index in [9.17, 15) is 30.2 Å². The largest absolute Gasteiger partial charge is 0.480 e. The van der Waals surface area contributed by atoms with Crippen LogP contribution in [0.2, 0.25) is 0 Å². The maximum Gasteiger partial charge on any atom is 0.328 e. The van der Waals surface area contributed by atoms with Gasteiger partial charge in [-0.25, -0.2) is 0 Å². The number of rotatable bonds is 8. The standard InChI is InChI=1S/C18H20N2O6/c1-12(19(25)15(17(21)22)13-8-4-2-5-9-13)20(26)16(18(23)24)14-10-6-3-7-11-14/h2-12,15-16,25-26H,1H3,(H,21,22)(H,23,24). The van der Waals surface area contributed by atoms with Crippen LogP contribution in [0.15, 0.2) is 60.7 Å². The van der Waals surface area contributed by atoms with Gasteiger partial charge in [-0.05, 0) is 18.1 Å². The molecule has 0 aliphatic heterocycles. The molecule has 2 atom stereocenters. The van der Waals surface area contributed by atoms with Crippen LogP contribution in [0.1, 0.15) is 30.1 Å². The molecule has 2 aromatic rings. The Morgan fingerprint density at radius 2 is 1.04 bits per heavy atom. The van der Waals surface area contributed by atoms with Crippen LogP contribution in [0.4, 0.5) is 0 Å². The molecule has 0 saturated carbocycles. The summed E-state index contributed by atoms with van der Waals surface area (Å²) in [6, 6.07) is 13.0. The number of carboxylic acid groups (broad SMARTS) is 2. The van der Waals surface area contributed by atoms with Crippen molar-refractivity contribution in [2.24, 2.45) is 0 Å². The number of hydroxylamine groups is 4. The van der Waals surface area contributed by atoms with Gasteiger partial charge in [0.1, 0.15) is 6.17 Å². The lowest BCUT2D eigenvalue weighted by molar-refractivity contribution is -0.278. The van der Waals surface area contributed by atoms with E-state index >= 15 is 0 Å². The van der Waals surface area contributed by atoms with Crippen LogP contribution in [0.3, 0.4) is 0 Å². The van der Waals surface area contributed by atoms with Crippen molar-refractivity contribution < 1.29 is 30.2 Å². The average molecular weight is 360 g/mol. The van der Waals surface area contributed by atoms with E-state index in [-0.39, 0.29) is 11.1 Å². The van der Waals surface area contributed by atoms with E-state index in [1.807, 2.05) is 0 Å². The Morgan fingerprint density at radius 3 is 1.31 bits per heavy atom. The number of carboxylic acids is 2. The van der Waals surface area contributed by atoms with Crippen LogP contribution in [0, 0.1) is 0 Å². The zero-order valence-corrected chi connectivity index (χ0v) is 14.0. The van der Waals surface area contributed by atoms with Gasteiger partial charge in [0.05, 0.1) is 0 Å². The number of carbonyl (C=O) groups is 2. The van der Waals surface area contributed by atoms with Crippen LogP contribution < -0.4 is 0 Å². The Balaban J connectivity index is 2.30. The van der Waals surface area contributed by atoms with E-state index in [0.29, 0.717) is 10.1 Å². The van der Waals surface area contributed by atoms with Crippen molar-refractivity contribution in [2.45, 2.75) is 25.2 Å². The Bertz CT molecular complexity index is 676. The maximum absolute atomic E-state index is 11.6. The van der Waals surface area contributed by atoms with E-state index < -0.39 is 30.2 Å². The molecule has 0 bridgehead atoms. The molecule has 0 aliphatic rings. The molecule has 8 heteroatoms. The van der Waals surface area contributed by atoms with Crippen molar-refractivity contribution in [1.29, 1.82) is 0 Å². The van der Waals surface area contributed by atoms with E-state index in [0.717, 1.165) is 0 Å². The van der Waals surface area contributed by atoms with Crippen molar-refractivity contribution in [3.63, 3.8) is 0 Å². The molecule has 0 saturated heterocycles. The van der Waals surface area contributed by atoms with Crippen LogP contribution in [0.25, 0.3) is 0 Å². The van der Waals surface area contributed by atoms with E-state index in [4.69, 9.17) is 0 Å². The third kappa shape index (κ3) is 4.24. The van der Waals surface area contributed by atoms with Gasteiger partial charge in [-0.1, -0.05) is 60.7 Å². The number of benzene rings is 2. The molecular weight excluding hydrogens is 340 g/mol. The molecule has 0 fully saturated rings. The van der Waals surface area contributed by atoms with Gasteiger partial charge in [-0.3, -0.25) is 9.59 Å². The second-order valence-corrected chi connectivity index (χ2v) is 5.69. The molecule has 138 valence electrons. The van der Waals surface area contributed by atoms with Crippen LogP contribution in [-0.4, -0.2) is 48.9 Å². The predicted octanol–water partition coefficient (Wildman–Crippen LogP) is 2.37. The van der Waals surface area contributed by atoms with Gasteiger partial charge in [0.25, 0.3) is 0 Å². The molecule has 26 heavy (non-hydrogen) atoms. The van der Waals surface area contributed by atoms with Gasteiger partial charge in [0.15, 0.2) is 12.1 Å². The number of hydrogen-bond donors (Lipinski definition) is 4. The van der Waals surface area contributed by atoms with Crippen LogP contribution in [-0.2, 0) is 9.59 Å². The fourth-order valence-electron chi connectivity index (χ4n) is 2.64. The summed E-state index contributed by atoms with van der Waals surface area (Å²) < 4.78 is 0. The van der Waals surface area contributed by atoms with Crippen molar-refractivity contribution in [2.75, 3.05) is 0 Å². The van der Waals surface area contributed by atoms with Crippen molar-refractivity contribution in [3.05, 3.63) is 71.8 Å². The molecule has 0 radical (unpaired) electrons. The first kappa shape index (κ1) is 19.5. The highest BCUT2D eigenvalue weighted by molar-refractivity contribution is 5.76. The molecule has 2 aromatic carbocycles. The van der Waals surface area contributed by atoms with Crippen molar-refractivity contribution >= 4 is 11.9 Å². The highest BCUT2D eigenvalue weighted by Gasteiger charge is 2.37. The first-order chi connectivity index (χ1) is 12.3. The summed E-state index contributed by atoms with van der Waals surface area (Å²) in [7, 11) is 0. The summed E-state index contributed by atoms with van der Waals surface area (Å²) in [6.07, 6.45) is -1.32. The predicted molar refractivity (Wildman–Crippen MR) is 90.4 cm³/mol. The summed E-state index contributed by atoms with van der Waals surface area (Å²) >= 11 is 0. The third-order valence-corrected chi connectivity index (χ3v) is 3.99. The normalized spacial score (nSPS) is 14.8. The molecule has 0 heterocycles. The Labute approximate surface area is 150 Å². The Hall–Kier alpha value is -2.78. The summed E-state index contributed by atoms with van der Waals surface area (Å²) in [4.78, 5) is 23.2. The smallest absolute Gasteiger partial charge is 0.328 e. The minimum Gasteiger partial charge on any atom is -0.480 e. The zero-order chi connectivity index (χ0) is 19.3. The molecule has 4 N–H and O–H groups in total. The second kappa shape index (κ2) is 8.54. The summed E-state index contributed by atoms with van der Waals surface area (Å²) in [5.41, 5.74) is 0.573. The minimum absolute atomic E-state index is 0.286. The van der Waals surface area contributed by atoms with Crippen LogP contribution in [0.5, 0.6) is 0 Å². The molecule has 0 aliphatic carbocycles. The molecular formula is C18H20N2O6. The lowest BCUT2D eigenvalue weighted by Gasteiger charge is -2.35. The molecule has 2 unspecified atom stereocenters. The summed E-state index contributed by atoms with van der Waals surface area (Å²) in [6.45, 7) is 1.30. The van der Waals surface area contributed by atoms with E-state index in [1.54, 1.807) is 36.4 Å². The summed E-state index contributed by atoms with van der Waals surface area (Å²) in [5, 5.41) is 40.6. The number of nitrogens with zero attached hydrogens (tertiary/aromatic N) is 2. The number of hydrogen-bond acceptors (Lipinski definition) is 6. The van der Waals surface area contributed by atoms with Gasteiger partial charge in [-0.2, -0.15) is 10.1 Å². The second-order valence-electron chi connectivity index (χ2n) is 5.69. The first-order valence-electron chi connectivity index (χ1n) is 7.84. The van der Waals surface area contributed by atoms with Crippen LogP contribution >= 0.6 is 0 Å². The lowest BCUT2D eigenvalue weighted by Crippen LogP contribution is -2.49. The minimum atomic E-state index is -1.48. The SMILES string of the molecule is CC(N(O)C(C(=O)O)c1ccccc1)N(O)C(C(=O)O)c1ccccc1. The highest BCUT2D eigenvalue weighted by atomic mass is 16.6. The van der Waals surface area contributed by atoms with Gasteiger partial charge < -0.3 is 20.6 Å². The summed E-state index contributed by atoms with van der Waals surface area (Å²) in [5.74, 6) is -2.68. The topological polar surface area (TPSA) is 122 Å². The molecule has 8 nitrogen and oxygen atoms in total.